The van der Waals surface area contributed by atoms with Crippen LogP contribution < -0.4 is 5.43 Å². The molecule has 0 atom stereocenters. The van der Waals surface area contributed by atoms with Gasteiger partial charge in [-0.15, -0.1) is 0 Å². The van der Waals surface area contributed by atoms with Crippen molar-refractivity contribution in [2.75, 3.05) is 0 Å². The first kappa shape index (κ1) is 10.5. The second kappa shape index (κ2) is 4.29. The van der Waals surface area contributed by atoms with Gasteiger partial charge < -0.3 is 0 Å². The third-order valence-corrected chi connectivity index (χ3v) is 2.55. The Kier molecular flexibility index (Phi) is 2.49. The largest absolute Gasteiger partial charge is 0.288 e. The first-order valence-electron chi connectivity index (χ1n) is 5.49. The minimum atomic E-state index is -0.114. The van der Waals surface area contributed by atoms with E-state index in [9.17, 15) is 4.79 Å². The first-order valence-corrected chi connectivity index (χ1v) is 5.49. The van der Waals surface area contributed by atoms with Gasteiger partial charge >= 0.3 is 0 Å². The van der Waals surface area contributed by atoms with Crippen molar-refractivity contribution in [1.29, 1.82) is 0 Å². The van der Waals surface area contributed by atoms with E-state index in [0.717, 1.165) is 11.5 Å². The second-order valence-electron chi connectivity index (χ2n) is 3.74. The molecular weight excluding hydrogens is 228 g/mol. The van der Waals surface area contributed by atoms with Gasteiger partial charge in [-0.05, 0) is 12.1 Å². The highest BCUT2D eigenvalue weighted by atomic mass is 16.1. The van der Waals surface area contributed by atoms with E-state index in [1.54, 1.807) is 21.8 Å². The van der Waals surface area contributed by atoms with Gasteiger partial charge in [0.05, 0.1) is 18.1 Å². The number of rotatable bonds is 2. The number of hydrogen-bond acceptors (Lipinski definition) is 3. The summed E-state index contributed by atoms with van der Waals surface area (Å²) in [6.45, 7) is 0. The summed E-state index contributed by atoms with van der Waals surface area (Å²) in [5.74, 6) is 0.779. The number of para-hydroxylation sites is 1. The zero-order valence-corrected chi connectivity index (χ0v) is 9.47. The van der Waals surface area contributed by atoms with Gasteiger partial charge in [-0.25, -0.2) is 9.36 Å². The summed E-state index contributed by atoms with van der Waals surface area (Å²) in [6, 6.07) is 13.1. The van der Waals surface area contributed by atoms with Gasteiger partial charge in [-0.1, -0.05) is 18.2 Å². The van der Waals surface area contributed by atoms with Gasteiger partial charge in [0.15, 0.2) is 11.2 Å². The topological polar surface area (TPSA) is 52.7 Å². The molecule has 0 fully saturated rings. The fourth-order valence-corrected chi connectivity index (χ4v) is 1.72. The van der Waals surface area contributed by atoms with Gasteiger partial charge in [-0.2, -0.15) is 10.2 Å². The van der Waals surface area contributed by atoms with E-state index in [0.29, 0.717) is 0 Å². The molecule has 0 unspecified atom stereocenters. The van der Waals surface area contributed by atoms with Crippen LogP contribution in [-0.4, -0.2) is 19.6 Å². The molecule has 0 aliphatic carbocycles. The normalized spacial score (nSPS) is 10.4. The molecule has 5 heteroatoms. The van der Waals surface area contributed by atoms with E-state index >= 15 is 0 Å². The standard InChI is InChI=1S/C13H10N4O/c18-12-7-9-16(15-10-12)13-6-8-14-17(13)11-4-2-1-3-5-11/h1-10H. The molecule has 0 bridgehead atoms. The summed E-state index contributed by atoms with van der Waals surface area (Å²) in [6.07, 6.45) is 4.60. The van der Waals surface area contributed by atoms with Gasteiger partial charge in [0.1, 0.15) is 0 Å². The predicted octanol–water partition coefficient (Wildman–Crippen LogP) is 1.42. The number of nitrogens with zero attached hydrogens (tertiary/aromatic N) is 4. The minimum Gasteiger partial charge on any atom is -0.288 e. The third kappa shape index (κ3) is 1.82. The molecule has 2 aromatic heterocycles. The molecule has 3 aromatic rings. The monoisotopic (exact) mass is 238 g/mol. The average molecular weight is 238 g/mol. The Bertz CT molecular complexity index is 695. The van der Waals surface area contributed by atoms with E-state index in [1.807, 2.05) is 36.4 Å². The van der Waals surface area contributed by atoms with Crippen LogP contribution in [0.2, 0.25) is 0 Å². The summed E-state index contributed by atoms with van der Waals surface area (Å²) in [4.78, 5) is 11.0. The van der Waals surface area contributed by atoms with E-state index in [-0.39, 0.29) is 5.43 Å². The van der Waals surface area contributed by atoms with Crippen molar-refractivity contribution in [3.05, 3.63) is 71.3 Å². The lowest BCUT2D eigenvalue weighted by Crippen LogP contribution is -2.11. The van der Waals surface area contributed by atoms with Crippen molar-refractivity contribution in [3.63, 3.8) is 0 Å². The Hall–Kier alpha value is -2.69. The van der Waals surface area contributed by atoms with E-state index in [1.165, 1.54) is 12.3 Å². The highest BCUT2D eigenvalue weighted by Crippen LogP contribution is 2.12. The van der Waals surface area contributed by atoms with Crippen LogP contribution in [0.25, 0.3) is 11.5 Å². The lowest BCUT2D eigenvalue weighted by Gasteiger charge is -2.08. The average Bonchev–Trinajstić information content (AvgIpc) is 2.90. The van der Waals surface area contributed by atoms with Crippen LogP contribution in [0.4, 0.5) is 0 Å². The van der Waals surface area contributed by atoms with Gasteiger partial charge in [0, 0.05) is 18.3 Å². The van der Waals surface area contributed by atoms with Crippen LogP contribution in [0.15, 0.2) is 65.8 Å². The quantitative estimate of drug-likeness (QED) is 0.678. The van der Waals surface area contributed by atoms with Crippen LogP contribution in [-0.2, 0) is 0 Å². The molecule has 0 amide bonds. The third-order valence-electron chi connectivity index (χ3n) is 2.55. The summed E-state index contributed by atoms with van der Waals surface area (Å²) in [5, 5.41) is 8.31. The van der Waals surface area contributed by atoms with Crippen molar-refractivity contribution in [3.8, 4) is 11.5 Å². The summed E-state index contributed by atoms with van der Waals surface area (Å²) >= 11 is 0. The van der Waals surface area contributed by atoms with Gasteiger partial charge in [0.25, 0.3) is 0 Å². The Morgan fingerprint density at radius 1 is 0.944 bits per heavy atom. The Morgan fingerprint density at radius 3 is 2.50 bits per heavy atom. The Balaban J connectivity index is 2.12. The molecule has 0 aliphatic rings. The lowest BCUT2D eigenvalue weighted by molar-refractivity contribution is 0.745. The van der Waals surface area contributed by atoms with Crippen LogP contribution in [0, 0.1) is 0 Å². The first-order chi connectivity index (χ1) is 8.84. The number of benzene rings is 1. The summed E-state index contributed by atoms with van der Waals surface area (Å²) < 4.78 is 3.37. The van der Waals surface area contributed by atoms with Crippen LogP contribution in [0.3, 0.4) is 0 Å². The maximum Gasteiger partial charge on any atom is 0.200 e. The maximum absolute atomic E-state index is 11.0. The van der Waals surface area contributed by atoms with Gasteiger partial charge in [0.2, 0.25) is 0 Å². The second-order valence-corrected chi connectivity index (χ2v) is 3.74. The molecular formula is C13H10N4O. The van der Waals surface area contributed by atoms with Crippen molar-refractivity contribution < 1.29 is 0 Å². The van der Waals surface area contributed by atoms with E-state index in [2.05, 4.69) is 10.2 Å². The molecule has 18 heavy (non-hydrogen) atoms. The molecule has 0 saturated heterocycles. The molecule has 88 valence electrons. The molecule has 0 saturated carbocycles. The van der Waals surface area contributed by atoms with E-state index in [4.69, 9.17) is 0 Å². The Morgan fingerprint density at radius 2 is 1.78 bits per heavy atom. The highest BCUT2D eigenvalue weighted by molar-refractivity contribution is 5.37. The molecule has 5 nitrogen and oxygen atoms in total. The van der Waals surface area contributed by atoms with Crippen LogP contribution >= 0.6 is 0 Å². The fourth-order valence-electron chi connectivity index (χ4n) is 1.72. The molecule has 0 spiro atoms. The van der Waals surface area contributed by atoms with Gasteiger partial charge in [-0.3, -0.25) is 4.79 Å². The maximum atomic E-state index is 11.0. The zero-order valence-electron chi connectivity index (χ0n) is 9.47. The van der Waals surface area contributed by atoms with Crippen LogP contribution in [0.1, 0.15) is 0 Å². The molecule has 3 rings (SSSR count). The van der Waals surface area contributed by atoms with Crippen molar-refractivity contribution in [1.82, 2.24) is 19.6 Å². The number of aromatic nitrogens is 4. The summed E-state index contributed by atoms with van der Waals surface area (Å²) in [7, 11) is 0. The molecule has 0 N–H and O–H groups in total. The number of hydrogen-bond donors (Lipinski definition) is 0. The van der Waals surface area contributed by atoms with Crippen molar-refractivity contribution >= 4 is 0 Å². The lowest BCUT2D eigenvalue weighted by atomic mass is 10.3. The van der Waals surface area contributed by atoms with Crippen molar-refractivity contribution in [2.45, 2.75) is 0 Å². The minimum absolute atomic E-state index is 0.114. The summed E-state index contributed by atoms with van der Waals surface area (Å²) in [5.41, 5.74) is 0.829. The predicted molar refractivity (Wildman–Crippen MR) is 67.0 cm³/mol. The molecule has 1 aromatic carbocycles. The van der Waals surface area contributed by atoms with Crippen LogP contribution in [0.5, 0.6) is 0 Å². The van der Waals surface area contributed by atoms with E-state index < -0.39 is 0 Å². The van der Waals surface area contributed by atoms with Crippen molar-refractivity contribution in [2.24, 2.45) is 0 Å². The molecule has 2 heterocycles. The Labute approximate surface area is 103 Å². The zero-order chi connectivity index (χ0) is 12.4. The fraction of sp³-hybridized carbons (Fsp3) is 0. The molecule has 0 radical (unpaired) electrons. The SMILES string of the molecule is O=c1ccn(-c2ccnn2-c2ccccc2)nc1. The smallest absolute Gasteiger partial charge is 0.200 e. The molecule has 0 aliphatic heterocycles. The highest BCUT2D eigenvalue weighted by Gasteiger charge is 2.05.